The van der Waals surface area contributed by atoms with Crippen LogP contribution in [0, 0.1) is 5.82 Å². The Morgan fingerprint density at radius 3 is 2.59 bits per heavy atom. The van der Waals surface area contributed by atoms with Crippen LogP contribution >= 0.6 is 11.6 Å². The third kappa shape index (κ3) is 4.21. The molecule has 0 N–H and O–H groups in total. The molecule has 3 rings (SSSR count). The van der Waals surface area contributed by atoms with Gasteiger partial charge in [0, 0.05) is 30.2 Å². The molecule has 0 amide bonds. The van der Waals surface area contributed by atoms with Crippen molar-refractivity contribution in [1.29, 1.82) is 0 Å². The highest BCUT2D eigenvalue weighted by molar-refractivity contribution is 8.06. The second-order valence-electron chi connectivity index (χ2n) is 6.23. The van der Waals surface area contributed by atoms with Crippen molar-refractivity contribution >= 4 is 43.8 Å². The molecule has 0 fully saturated rings. The fourth-order valence-electron chi connectivity index (χ4n) is 2.72. The second kappa shape index (κ2) is 8.40. The third-order valence-electron chi connectivity index (χ3n) is 4.13. The van der Waals surface area contributed by atoms with E-state index in [-0.39, 0.29) is 22.9 Å². The maximum atomic E-state index is 14.5. The summed E-state index contributed by atoms with van der Waals surface area (Å²) in [6.45, 7) is -0.148. The normalized spacial score (nSPS) is 14.8. The standard InChI is InChI=1S/C19H18ClFN4O3S/c1-25(2)29(26,27)19(24-28-3)17-11-22-18(13-6-4-5-7-15(13)21)14-10-12(20)8-9-16(14)23-17/h4-10H,11H2,1-3H3/b24-19+. The first-order valence-electron chi connectivity index (χ1n) is 8.46. The minimum absolute atomic E-state index is 0.0652. The summed E-state index contributed by atoms with van der Waals surface area (Å²) in [6, 6.07) is 11.0. The van der Waals surface area contributed by atoms with E-state index in [0.717, 1.165) is 4.31 Å². The van der Waals surface area contributed by atoms with Crippen LogP contribution in [0.5, 0.6) is 0 Å². The average Bonchev–Trinajstić information content (AvgIpc) is 2.85. The van der Waals surface area contributed by atoms with E-state index in [2.05, 4.69) is 15.1 Å². The van der Waals surface area contributed by atoms with Gasteiger partial charge in [-0.1, -0.05) is 28.9 Å². The summed E-state index contributed by atoms with van der Waals surface area (Å²) in [5.74, 6) is -0.465. The monoisotopic (exact) mass is 436 g/mol. The van der Waals surface area contributed by atoms with Crippen LogP contribution in [0.3, 0.4) is 0 Å². The lowest BCUT2D eigenvalue weighted by Gasteiger charge is -2.13. The molecule has 0 aliphatic carbocycles. The molecule has 1 aliphatic rings. The number of sulfonamides is 1. The summed E-state index contributed by atoms with van der Waals surface area (Å²) < 4.78 is 40.9. The topological polar surface area (TPSA) is 83.7 Å². The van der Waals surface area contributed by atoms with Crippen molar-refractivity contribution in [2.24, 2.45) is 15.1 Å². The van der Waals surface area contributed by atoms with Crippen molar-refractivity contribution in [3.05, 3.63) is 64.4 Å². The van der Waals surface area contributed by atoms with Gasteiger partial charge in [0.15, 0.2) is 0 Å². The first kappa shape index (κ1) is 21.1. The van der Waals surface area contributed by atoms with Crippen molar-refractivity contribution in [1.82, 2.24) is 4.31 Å². The third-order valence-corrected chi connectivity index (χ3v) is 6.13. The first-order chi connectivity index (χ1) is 13.8. The maximum absolute atomic E-state index is 14.5. The van der Waals surface area contributed by atoms with Crippen molar-refractivity contribution in [3.63, 3.8) is 0 Å². The molecule has 10 heteroatoms. The van der Waals surface area contributed by atoms with Crippen molar-refractivity contribution < 1.29 is 17.6 Å². The maximum Gasteiger partial charge on any atom is 0.265 e. The molecule has 0 saturated heterocycles. The summed E-state index contributed by atoms with van der Waals surface area (Å²) >= 11 is 6.14. The molecule has 7 nitrogen and oxygen atoms in total. The number of nitrogens with zero attached hydrogens (tertiary/aromatic N) is 4. The smallest absolute Gasteiger partial charge is 0.265 e. The van der Waals surface area contributed by atoms with Gasteiger partial charge in [-0.05, 0) is 30.3 Å². The molecule has 0 saturated carbocycles. The minimum Gasteiger partial charge on any atom is -0.398 e. The summed E-state index contributed by atoms with van der Waals surface area (Å²) in [7, 11) is 0.0296. The molecule has 2 aromatic rings. The van der Waals surface area contributed by atoms with Gasteiger partial charge in [-0.3, -0.25) is 4.99 Å². The van der Waals surface area contributed by atoms with E-state index in [1.807, 2.05) is 0 Å². The van der Waals surface area contributed by atoms with Crippen LogP contribution in [-0.4, -0.2) is 56.9 Å². The molecule has 0 radical (unpaired) electrons. The van der Waals surface area contributed by atoms with Crippen LogP contribution in [-0.2, 0) is 14.9 Å². The predicted molar refractivity (Wildman–Crippen MR) is 113 cm³/mol. The Hall–Kier alpha value is -2.62. The van der Waals surface area contributed by atoms with Gasteiger partial charge in [0.25, 0.3) is 10.0 Å². The second-order valence-corrected chi connectivity index (χ2v) is 8.73. The van der Waals surface area contributed by atoms with Crippen LogP contribution in [0.2, 0.25) is 5.02 Å². The summed E-state index contributed by atoms with van der Waals surface area (Å²) in [5, 5.41) is 3.72. The number of hydrogen-bond acceptors (Lipinski definition) is 6. The molecule has 2 aromatic carbocycles. The van der Waals surface area contributed by atoms with Crippen molar-refractivity contribution in [2.75, 3.05) is 27.7 Å². The predicted octanol–water partition coefficient (Wildman–Crippen LogP) is 3.25. The lowest BCUT2D eigenvalue weighted by atomic mass is 10.0. The number of rotatable bonds is 4. The Kier molecular flexibility index (Phi) is 6.11. The number of benzene rings is 2. The van der Waals surface area contributed by atoms with Crippen LogP contribution in [0.4, 0.5) is 10.1 Å². The molecule has 0 unspecified atom stereocenters. The van der Waals surface area contributed by atoms with Gasteiger partial charge in [0.05, 0.1) is 17.9 Å². The molecule has 0 bridgehead atoms. The zero-order valence-corrected chi connectivity index (χ0v) is 17.5. The van der Waals surface area contributed by atoms with Gasteiger partial charge in [-0.25, -0.2) is 22.1 Å². The summed E-state index contributed by atoms with van der Waals surface area (Å²) in [6.07, 6.45) is 0. The highest BCUT2D eigenvalue weighted by Gasteiger charge is 2.30. The Morgan fingerprint density at radius 2 is 1.93 bits per heavy atom. The molecular formula is C19H18ClFN4O3S. The first-order valence-corrected chi connectivity index (χ1v) is 10.3. The largest absolute Gasteiger partial charge is 0.398 e. The highest BCUT2D eigenvalue weighted by Crippen LogP contribution is 2.29. The molecule has 0 spiro atoms. The van der Waals surface area contributed by atoms with Crippen molar-refractivity contribution in [3.8, 4) is 0 Å². The van der Waals surface area contributed by atoms with E-state index in [4.69, 9.17) is 16.4 Å². The Morgan fingerprint density at radius 1 is 1.21 bits per heavy atom. The van der Waals surface area contributed by atoms with Crippen LogP contribution in [0.15, 0.2) is 57.6 Å². The number of hydrogen-bond donors (Lipinski definition) is 0. The SMILES string of the molecule is CO/N=C(\C1=Nc2ccc(Cl)cc2C(c2ccccc2F)=NC1)S(=O)(=O)N(C)C. The van der Waals surface area contributed by atoms with Gasteiger partial charge >= 0.3 is 0 Å². The molecule has 152 valence electrons. The van der Waals surface area contributed by atoms with Crippen LogP contribution < -0.4 is 0 Å². The fourth-order valence-corrected chi connectivity index (χ4v) is 3.81. The van der Waals surface area contributed by atoms with Crippen LogP contribution in [0.1, 0.15) is 11.1 Å². The number of fused-ring (bicyclic) bond motifs is 1. The van der Waals surface area contributed by atoms with Gasteiger partial charge in [-0.15, -0.1) is 0 Å². The van der Waals surface area contributed by atoms with E-state index in [1.54, 1.807) is 36.4 Å². The quantitative estimate of drug-likeness (QED) is 0.419. The van der Waals surface area contributed by atoms with E-state index in [0.29, 0.717) is 22.0 Å². The average molecular weight is 437 g/mol. The van der Waals surface area contributed by atoms with Gasteiger partial charge in [0.2, 0.25) is 5.04 Å². The zero-order chi connectivity index (χ0) is 21.2. The Labute approximate surface area is 173 Å². The van der Waals surface area contributed by atoms with E-state index in [1.165, 1.54) is 27.3 Å². The molecular weight excluding hydrogens is 419 g/mol. The molecule has 29 heavy (non-hydrogen) atoms. The number of oxime groups is 1. The fraction of sp³-hybridized carbons (Fsp3) is 0.211. The lowest BCUT2D eigenvalue weighted by molar-refractivity contribution is 0.215. The van der Waals surface area contributed by atoms with Crippen LogP contribution in [0.25, 0.3) is 0 Å². The lowest BCUT2D eigenvalue weighted by Crippen LogP contribution is -2.36. The molecule has 0 aromatic heterocycles. The van der Waals surface area contributed by atoms with E-state index >= 15 is 0 Å². The van der Waals surface area contributed by atoms with Gasteiger partial charge in [0.1, 0.15) is 18.6 Å². The summed E-state index contributed by atoms with van der Waals surface area (Å²) in [4.78, 5) is 13.7. The number of aliphatic imine (C=N–C) groups is 2. The van der Waals surface area contributed by atoms with Gasteiger partial charge < -0.3 is 4.84 Å². The summed E-state index contributed by atoms with van der Waals surface area (Å²) in [5.41, 5.74) is 1.51. The Balaban J connectivity index is 2.24. The minimum atomic E-state index is -3.96. The Bertz CT molecular complexity index is 1140. The number of halogens is 2. The van der Waals surface area contributed by atoms with E-state index < -0.39 is 15.8 Å². The van der Waals surface area contributed by atoms with E-state index in [9.17, 15) is 12.8 Å². The zero-order valence-electron chi connectivity index (χ0n) is 15.9. The molecule has 0 atom stereocenters. The molecule has 1 aliphatic heterocycles. The van der Waals surface area contributed by atoms with Gasteiger partial charge in [-0.2, -0.15) is 0 Å². The van der Waals surface area contributed by atoms with Crippen molar-refractivity contribution in [2.45, 2.75) is 0 Å². The highest BCUT2D eigenvalue weighted by atomic mass is 35.5. The molecule has 1 heterocycles.